The molecule has 0 rings (SSSR count). The maximum Gasteiger partial charge on any atom is 0.181 e. The molecule has 10 heavy (non-hydrogen) atoms. The molecule has 1 N–H and O–H groups in total. The fourth-order valence-corrected chi connectivity index (χ4v) is 0.575. The van der Waals surface area contributed by atoms with Gasteiger partial charge < -0.3 is 4.74 Å². The second-order valence-corrected chi connectivity index (χ2v) is 3.55. The third kappa shape index (κ3) is 8.05. The molecule has 0 heterocycles. The minimum Gasteiger partial charge on any atom is -0.484 e. The van der Waals surface area contributed by atoms with Crippen molar-refractivity contribution in [3.05, 3.63) is 0 Å². The van der Waals surface area contributed by atoms with Gasteiger partial charge in [0.25, 0.3) is 0 Å². The highest BCUT2D eigenvalue weighted by atomic mass is 35.5. The summed E-state index contributed by atoms with van der Waals surface area (Å²) in [6, 6.07) is 0. The van der Waals surface area contributed by atoms with Crippen molar-refractivity contribution in [2.24, 2.45) is 0 Å². The summed E-state index contributed by atoms with van der Waals surface area (Å²) < 4.78 is 4.63. The second-order valence-electron chi connectivity index (χ2n) is 2.52. The molecule has 0 aliphatic carbocycles. The lowest BCUT2D eigenvalue weighted by atomic mass is 10.1. The van der Waals surface area contributed by atoms with Crippen LogP contribution in [0.1, 0.15) is 20.3 Å². The number of nitrogens with one attached hydrogen (secondary N) is 1. The van der Waals surface area contributed by atoms with Crippen molar-refractivity contribution in [3.8, 4) is 0 Å². The van der Waals surface area contributed by atoms with E-state index in [1.807, 2.05) is 13.8 Å². The van der Waals surface area contributed by atoms with E-state index in [0.717, 1.165) is 0 Å². The molecule has 0 spiro atoms. The molecule has 62 valence electrons. The second kappa shape index (κ2) is 4.80. The highest BCUT2D eigenvalue weighted by Crippen LogP contribution is 2.17. The lowest BCUT2D eigenvalue weighted by Gasteiger charge is -2.14. The van der Waals surface area contributed by atoms with Crippen molar-refractivity contribution >= 4 is 29.9 Å². The molecule has 0 bridgehead atoms. The maximum absolute atomic E-state index is 7.09. The summed E-state index contributed by atoms with van der Waals surface area (Å²) in [7, 11) is 1.48. The Morgan fingerprint density at radius 1 is 1.60 bits per heavy atom. The molecule has 0 saturated carbocycles. The minimum atomic E-state index is -0.354. The van der Waals surface area contributed by atoms with Gasteiger partial charge in [-0.25, -0.2) is 0 Å². The zero-order valence-corrected chi connectivity index (χ0v) is 7.97. The fourth-order valence-electron chi connectivity index (χ4n) is 0.454. The van der Waals surface area contributed by atoms with Gasteiger partial charge in [-0.2, -0.15) is 0 Å². The number of methoxy groups -OCH3 is 1. The first kappa shape index (κ1) is 12.7. The van der Waals surface area contributed by atoms with E-state index in [2.05, 4.69) is 4.74 Å². The Morgan fingerprint density at radius 3 is 2.10 bits per heavy atom. The fraction of sp³-hybridized carbons (Fsp3) is 0.833. The van der Waals surface area contributed by atoms with E-state index in [4.69, 9.17) is 17.0 Å². The van der Waals surface area contributed by atoms with Crippen molar-refractivity contribution in [2.45, 2.75) is 25.1 Å². The molecule has 0 aliphatic rings. The quantitative estimate of drug-likeness (QED) is 0.401. The molecule has 0 saturated heterocycles. The molecule has 2 nitrogen and oxygen atoms in total. The van der Waals surface area contributed by atoms with E-state index in [9.17, 15) is 0 Å². The van der Waals surface area contributed by atoms with Crippen LogP contribution in [-0.2, 0) is 4.74 Å². The normalized spacial score (nSPS) is 10.0. The number of hydrogen-bond acceptors (Lipinski definition) is 2. The first-order valence-corrected chi connectivity index (χ1v) is 3.14. The Hall–Kier alpha value is 0.0500. The Kier molecular flexibility index (Phi) is 6.10. The van der Waals surface area contributed by atoms with Crippen molar-refractivity contribution in [2.75, 3.05) is 7.11 Å². The Bertz CT molecular complexity index is 109. The molecule has 0 radical (unpaired) electrons. The van der Waals surface area contributed by atoms with Gasteiger partial charge in [0.1, 0.15) is 0 Å². The van der Waals surface area contributed by atoms with Crippen LogP contribution in [0.4, 0.5) is 0 Å². The van der Waals surface area contributed by atoms with Crippen LogP contribution in [0, 0.1) is 5.41 Å². The van der Waals surface area contributed by atoms with Crippen LogP contribution < -0.4 is 0 Å². The number of alkyl halides is 1. The average molecular weight is 186 g/mol. The third-order valence-electron chi connectivity index (χ3n) is 0.827. The van der Waals surface area contributed by atoms with Gasteiger partial charge in [-0.1, -0.05) is 0 Å². The third-order valence-corrected chi connectivity index (χ3v) is 0.961. The molecule has 0 amide bonds. The molecule has 0 aliphatic heterocycles. The average Bonchev–Trinajstić information content (AvgIpc) is 1.62. The molecular weight excluding hydrogens is 173 g/mol. The van der Waals surface area contributed by atoms with Crippen LogP contribution in [0.15, 0.2) is 0 Å². The Balaban J connectivity index is 0. The smallest absolute Gasteiger partial charge is 0.181 e. The van der Waals surface area contributed by atoms with Crippen LogP contribution in [-0.4, -0.2) is 17.9 Å². The van der Waals surface area contributed by atoms with Crippen LogP contribution in [0.5, 0.6) is 0 Å². The van der Waals surface area contributed by atoms with Gasteiger partial charge >= 0.3 is 0 Å². The summed E-state index contributed by atoms with van der Waals surface area (Å²) >= 11 is 5.79. The number of hydrogen-bond donors (Lipinski definition) is 1. The number of ether oxygens (including phenoxy) is 1. The van der Waals surface area contributed by atoms with Crippen molar-refractivity contribution in [3.63, 3.8) is 0 Å². The largest absolute Gasteiger partial charge is 0.484 e. The number of halogens is 2. The summed E-state index contributed by atoms with van der Waals surface area (Å²) in [6.45, 7) is 3.70. The molecular formula is C6H13Cl2NO. The Morgan fingerprint density at radius 2 is 2.00 bits per heavy atom. The summed E-state index contributed by atoms with van der Waals surface area (Å²) in [5.41, 5.74) is 0. The molecule has 0 atom stereocenters. The van der Waals surface area contributed by atoms with Gasteiger partial charge in [-0.3, -0.25) is 5.41 Å². The SMILES string of the molecule is COC(=N)CC(C)(C)Cl.Cl. The number of rotatable bonds is 2. The van der Waals surface area contributed by atoms with Crippen LogP contribution in [0.25, 0.3) is 0 Å². The van der Waals surface area contributed by atoms with E-state index in [0.29, 0.717) is 6.42 Å². The molecule has 0 aromatic carbocycles. The van der Waals surface area contributed by atoms with Crippen LogP contribution in [0.2, 0.25) is 0 Å². The molecule has 4 heteroatoms. The predicted molar refractivity (Wildman–Crippen MR) is 46.5 cm³/mol. The summed E-state index contributed by atoms with van der Waals surface area (Å²) in [5, 5.41) is 7.09. The predicted octanol–water partition coefficient (Wildman–Crippen LogP) is 2.44. The van der Waals surface area contributed by atoms with E-state index >= 15 is 0 Å². The first-order valence-electron chi connectivity index (χ1n) is 2.76. The van der Waals surface area contributed by atoms with Gasteiger partial charge in [0.15, 0.2) is 5.90 Å². The minimum absolute atomic E-state index is 0. The van der Waals surface area contributed by atoms with Crippen LogP contribution in [0.3, 0.4) is 0 Å². The summed E-state index contributed by atoms with van der Waals surface area (Å²) in [5.74, 6) is 0.231. The van der Waals surface area contributed by atoms with E-state index < -0.39 is 0 Å². The van der Waals surface area contributed by atoms with Gasteiger partial charge in [-0.15, -0.1) is 24.0 Å². The monoisotopic (exact) mass is 185 g/mol. The van der Waals surface area contributed by atoms with Gasteiger partial charge in [0.2, 0.25) is 0 Å². The van der Waals surface area contributed by atoms with E-state index in [1.165, 1.54) is 7.11 Å². The lowest BCUT2D eigenvalue weighted by molar-refractivity contribution is 0.379. The van der Waals surface area contributed by atoms with Crippen molar-refractivity contribution < 1.29 is 4.74 Å². The van der Waals surface area contributed by atoms with E-state index in [-0.39, 0.29) is 23.2 Å². The first-order chi connectivity index (χ1) is 3.95. The topological polar surface area (TPSA) is 33.1 Å². The van der Waals surface area contributed by atoms with Crippen molar-refractivity contribution in [1.82, 2.24) is 0 Å². The van der Waals surface area contributed by atoms with Gasteiger partial charge in [0.05, 0.1) is 7.11 Å². The van der Waals surface area contributed by atoms with Gasteiger partial charge in [0, 0.05) is 11.3 Å². The van der Waals surface area contributed by atoms with E-state index in [1.54, 1.807) is 0 Å². The van der Waals surface area contributed by atoms with Gasteiger partial charge in [-0.05, 0) is 13.8 Å². The summed E-state index contributed by atoms with van der Waals surface area (Å²) in [6.07, 6.45) is 0.477. The maximum atomic E-state index is 7.09. The van der Waals surface area contributed by atoms with Crippen molar-refractivity contribution in [1.29, 1.82) is 5.41 Å². The Labute approximate surface area is 72.8 Å². The molecule has 0 fully saturated rings. The highest BCUT2D eigenvalue weighted by Gasteiger charge is 2.15. The zero-order valence-electron chi connectivity index (χ0n) is 6.40. The summed E-state index contributed by atoms with van der Waals surface area (Å²) in [4.78, 5) is -0.354. The molecule has 0 aromatic heterocycles. The molecule has 0 aromatic rings. The zero-order chi connectivity index (χ0) is 7.49. The van der Waals surface area contributed by atoms with Crippen LogP contribution >= 0.6 is 24.0 Å². The standard InChI is InChI=1S/C6H12ClNO.ClH/c1-6(2,7)4-5(8)9-3;/h8H,4H2,1-3H3;1H. The molecule has 0 unspecified atom stereocenters. The lowest BCUT2D eigenvalue weighted by Crippen LogP contribution is -2.16. The highest BCUT2D eigenvalue weighted by molar-refractivity contribution is 6.24.